The van der Waals surface area contributed by atoms with Gasteiger partial charge in [0, 0.05) is 31.0 Å². The highest BCUT2D eigenvalue weighted by molar-refractivity contribution is 6.23. The van der Waals surface area contributed by atoms with Gasteiger partial charge in [0.05, 0.1) is 11.1 Å². The molecule has 256 valence electrons. The fourth-order valence-corrected chi connectivity index (χ4v) is 6.36. The monoisotopic (exact) mass is 697 g/mol. The van der Waals surface area contributed by atoms with E-state index in [1.807, 2.05) is 48.5 Å². The first kappa shape index (κ1) is 34.3. The lowest BCUT2D eigenvalue weighted by Gasteiger charge is -2.27. The second kappa shape index (κ2) is 14.9. The van der Waals surface area contributed by atoms with E-state index in [9.17, 15) is 33.8 Å². The van der Waals surface area contributed by atoms with Crippen molar-refractivity contribution in [2.24, 2.45) is 0 Å². The number of phenolic OH excluding ortho intramolecular Hbond substituents is 2. The zero-order valence-corrected chi connectivity index (χ0v) is 27.5. The summed E-state index contributed by atoms with van der Waals surface area (Å²) in [6.07, 6.45) is 0.564. The molecule has 1 atom stereocenters. The molecule has 10 nitrogen and oxygen atoms in total. The molecule has 1 saturated heterocycles. The lowest BCUT2D eigenvalue weighted by atomic mass is 9.88. The van der Waals surface area contributed by atoms with Gasteiger partial charge in [-0.15, -0.1) is 11.6 Å². The van der Waals surface area contributed by atoms with E-state index < -0.39 is 35.5 Å². The molecule has 4 aromatic rings. The second-order valence-corrected chi connectivity index (χ2v) is 12.3. The van der Waals surface area contributed by atoms with Crippen molar-refractivity contribution in [1.29, 1.82) is 0 Å². The maximum Gasteiger partial charge on any atom is 0.262 e. The predicted octanol–water partition coefficient (Wildman–Crippen LogP) is 5.39. The Morgan fingerprint density at radius 3 is 2.04 bits per heavy atom. The Kier molecular flexibility index (Phi) is 10.3. The number of hydrogen-bond acceptors (Lipinski definition) is 8. The molecule has 4 N–H and O–H groups in total. The number of imide groups is 2. The number of phenols is 2. The summed E-state index contributed by atoms with van der Waals surface area (Å²) in [5, 5.41) is 25.0. The second-order valence-electron chi connectivity index (χ2n) is 11.9. The van der Waals surface area contributed by atoms with Crippen LogP contribution < -0.4 is 15.4 Å². The summed E-state index contributed by atoms with van der Waals surface area (Å²) in [4.78, 5) is 50.7. The first-order chi connectivity index (χ1) is 24.1. The molecule has 2 heterocycles. The highest BCUT2D eigenvalue weighted by Crippen LogP contribution is 2.36. The van der Waals surface area contributed by atoms with E-state index in [2.05, 4.69) is 10.6 Å². The number of carbonyl (C=O) groups excluding carboxylic acids is 4. The minimum atomic E-state index is -1.13. The van der Waals surface area contributed by atoms with Crippen molar-refractivity contribution in [2.45, 2.75) is 31.8 Å². The number of nitrogens with zero attached hydrogens (tertiary/aromatic N) is 1. The highest BCUT2D eigenvalue weighted by atomic mass is 35.5. The van der Waals surface area contributed by atoms with E-state index in [4.69, 9.17) is 16.3 Å². The molecule has 2 aliphatic heterocycles. The molecule has 6 rings (SSSR count). The van der Waals surface area contributed by atoms with Crippen molar-refractivity contribution in [1.82, 2.24) is 15.5 Å². The number of alkyl halides is 1. The van der Waals surface area contributed by atoms with Crippen molar-refractivity contribution in [3.63, 3.8) is 0 Å². The standard InChI is InChI=1S/C38H33ClFN3O7/c39-16-15-29(22-1-7-26(44)8-2-22)35(23-3-9-27(45)10-4-23)24-5-11-28(12-6-24)50-18-17-41-21-25-19-30-31(20-32(25)40)38(49)43(37(30)48)33-13-14-34(46)42-36(33)47/h1-12,19-20,33,41,44-45H,13-18,21H2,(H,42,46,47). The molecule has 1 unspecified atom stereocenters. The van der Waals surface area contributed by atoms with Crippen molar-refractivity contribution in [3.8, 4) is 17.2 Å². The van der Waals surface area contributed by atoms with Crippen LogP contribution in [-0.4, -0.2) is 63.8 Å². The zero-order chi connectivity index (χ0) is 35.4. The summed E-state index contributed by atoms with van der Waals surface area (Å²) in [6, 6.07) is 22.6. The van der Waals surface area contributed by atoms with Crippen LogP contribution in [0.5, 0.6) is 17.2 Å². The van der Waals surface area contributed by atoms with Gasteiger partial charge in [-0.2, -0.15) is 0 Å². The number of fused-ring (bicyclic) bond motifs is 1. The molecule has 0 saturated carbocycles. The van der Waals surface area contributed by atoms with Crippen LogP contribution in [0.25, 0.3) is 11.1 Å². The van der Waals surface area contributed by atoms with Crippen molar-refractivity contribution in [3.05, 3.63) is 124 Å². The van der Waals surface area contributed by atoms with Gasteiger partial charge in [-0.1, -0.05) is 36.4 Å². The first-order valence-corrected chi connectivity index (χ1v) is 16.5. The van der Waals surface area contributed by atoms with E-state index >= 15 is 0 Å². The molecule has 4 amide bonds. The number of rotatable bonds is 12. The number of nitrogens with one attached hydrogen (secondary N) is 2. The van der Waals surface area contributed by atoms with Gasteiger partial charge in [-0.05, 0) is 89.2 Å². The van der Waals surface area contributed by atoms with Crippen LogP contribution in [-0.2, 0) is 16.1 Å². The van der Waals surface area contributed by atoms with Gasteiger partial charge < -0.3 is 20.3 Å². The number of allylic oxidation sites excluding steroid dienone is 1. The Bertz CT molecular complexity index is 1980. The highest BCUT2D eigenvalue weighted by Gasteiger charge is 2.45. The van der Waals surface area contributed by atoms with Crippen LogP contribution in [0.4, 0.5) is 4.39 Å². The molecule has 50 heavy (non-hydrogen) atoms. The van der Waals surface area contributed by atoms with Gasteiger partial charge in [0.25, 0.3) is 11.8 Å². The fraction of sp³-hybridized carbons (Fsp3) is 0.211. The van der Waals surface area contributed by atoms with Crippen LogP contribution in [0, 0.1) is 5.82 Å². The molecule has 0 radical (unpaired) electrons. The van der Waals surface area contributed by atoms with Gasteiger partial charge in [0.2, 0.25) is 11.8 Å². The summed E-state index contributed by atoms with van der Waals surface area (Å²) >= 11 is 6.24. The molecule has 0 aromatic heterocycles. The third kappa shape index (κ3) is 7.24. The number of hydrogen-bond donors (Lipinski definition) is 4. The Labute approximate surface area is 292 Å². The quantitative estimate of drug-likeness (QED) is 0.0667. The molecular weight excluding hydrogens is 665 g/mol. The first-order valence-electron chi connectivity index (χ1n) is 16.0. The number of piperidine rings is 1. The van der Waals surface area contributed by atoms with E-state index in [0.29, 0.717) is 24.6 Å². The summed E-state index contributed by atoms with van der Waals surface area (Å²) in [5.41, 5.74) is 4.63. The van der Waals surface area contributed by atoms with Crippen molar-refractivity contribution in [2.75, 3.05) is 19.0 Å². The number of carbonyl (C=O) groups is 4. The van der Waals surface area contributed by atoms with E-state index in [-0.39, 0.29) is 54.2 Å². The van der Waals surface area contributed by atoms with Crippen LogP contribution >= 0.6 is 11.6 Å². The van der Waals surface area contributed by atoms with Crippen LogP contribution in [0.15, 0.2) is 84.9 Å². The van der Waals surface area contributed by atoms with Crippen molar-refractivity contribution < 1.29 is 38.5 Å². The van der Waals surface area contributed by atoms with E-state index in [1.54, 1.807) is 24.3 Å². The predicted molar refractivity (Wildman–Crippen MR) is 184 cm³/mol. The molecular formula is C38H33ClFN3O7. The van der Waals surface area contributed by atoms with Gasteiger partial charge in [0.1, 0.15) is 35.7 Å². The van der Waals surface area contributed by atoms with Crippen molar-refractivity contribution >= 4 is 46.4 Å². The molecule has 0 spiro atoms. The normalized spacial score (nSPS) is 16.3. The third-order valence-electron chi connectivity index (χ3n) is 8.63. The number of benzene rings is 4. The maximum atomic E-state index is 15.0. The Morgan fingerprint density at radius 2 is 1.44 bits per heavy atom. The topological polar surface area (TPSA) is 145 Å². The maximum absolute atomic E-state index is 15.0. The SMILES string of the molecule is O=C1CCC(N2C(=O)c3cc(F)c(CNCCOc4ccc(C(=C(CCCl)c5ccc(O)cc5)c5ccc(O)cc5)cc4)cc3C2=O)C(=O)N1. The number of amides is 4. The van der Waals surface area contributed by atoms with Gasteiger partial charge in [0.15, 0.2) is 0 Å². The summed E-state index contributed by atoms with van der Waals surface area (Å²) in [7, 11) is 0. The minimum absolute atomic E-state index is 0.00599. The Morgan fingerprint density at radius 1 is 0.860 bits per heavy atom. The van der Waals surface area contributed by atoms with Crippen LogP contribution in [0.1, 0.15) is 62.2 Å². The lowest BCUT2D eigenvalue weighted by molar-refractivity contribution is -0.136. The fourth-order valence-electron chi connectivity index (χ4n) is 6.17. The smallest absolute Gasteiger partial charge is 0.262 e. The molecule has 2 aliphatic rings. The molecule has 1 fully saturated rings. The number of ether oxygens (including phenoxy) is 1. The van der Waals surface area contributed by atoms with E-state index in [1.165, 1.54) is 6.07 Å². The lowest BCUT2D eigenvalue weighted by Crippen LogP contribution is -2.54. The Balaban J connectivity index is 1.10. The average molecular weight is 698 g/mol. The summed E-state index contributed by atoms with van der Waals surface area (Å²) in [5.74, 6) is -2.06. The largest absolute Gasteiger partial charge is 0.508 e. The van der Waals surface area contributed by atoms with Crippen LogP contribution in [0.2, 0.25) is 0 Å². The third-order valence-corrected chi connectivity index (χ3v) is 8.82. The summed E-state index contributed by atoms with van der Waals surface area (Å²) < 4.78 is 20.9. The average Bonchev–Trinajstić information content (AvgIpc) is 3.34. The summed E-state index contributed by atoms with van der Waals surface area (Å²) in [6.45, 7) is 0.647. The molecule has 0 bridgehead atoms. The van der Waals surface area contributed by atoms with E-state index in [0.717, 1.165) is 38.8 Å². The number of aromatic hydroxyl groups is 2. The molecule has 12 heteroatoms. The number of halogens is 2. The van der Waals surface area contributed by atoms with Gasteiger partial charge >= 0.3 is 0 Å². The molecule has 4 aromatic carbocycles. The van der Waals surface area contributed by atoms with Crippen LogP contribution in [0.3, 0.4) is 0 Å². The van der Waals surface area contributed by atoms with Gasteiger partial charge in [-0.3, -0.25) is 29.4 Å². The minimum Gasteiger partial charge on any atom is -0.508 e. The van der Waals surface area contributed by atoms with Gasteiger partial charge in [-0.25, -0.2) is 4.39 Å². The Hall–Kier alpha value is -5.52. The molecule has 0 aliphatic carbocycles. The zero-order valence-electron chi connectivity index (χ0n) is 26.7.